The third-order valence-electron chi connectivity index (χ3n) is 1.84. The molecular weight excluding hydrogens is 199 g/mol. The fourth-order valence-electron chi connectivity index (χ4n) is 1.03. The Bertz CT molecular complexity index is 426. The number of hydrogen-bond donors (Lipinski definition) is 2. The molecule has 0 heterocycles. The summed E-state index contributed by atoms with van der Waals surface area (Å²) in [5, 5.41) is 19.9. The van der Waals surface area contributed by atoms with Crippen LogP contribution in [0.2, 0.25) is 0 Å². The van der Waals surface area contributed by atoms with Gasteiger partial charge in [0, 0.05) is 0 Å². The summed E-state index contributed by atoms with van der Waals surface area (Å²) in [5.74, 6) is -1.57. The summed E-state index contributed by atoms with van der Waals surface area (Å²) < 4.78 is 12.7. The van der Waals surface area contributed by atoms with Crippen molar-refractivity contribution in [1.82, 2.24) is 0 Å². The van der Waals surface area contributed by atoms with Crippen LogP contribution in [0.3, 0.4) is 0 Å². The van der Waals surface area contributed by atoms with Gasteiger partial charge in [-0.3, -0.25) is 4.79 Å². The normalized spacial score (nSPS) is 11.5. The summed E-state index contributed by atoms with van der Waals surface area (Å²) in [6.45, 7) is 1.44. The molecule has 78 valence electrons. The summed E-state index contributed by atoms with van der Waals surface area (Å²) >= 11 is 0. The zero-order valence-electron chi connectivity index (χ0n) is 7.99. The summed E-state index contributed by atoms with van der Waals surface area (Å²) in [6, 6.07) is 4.51. The SMILES string of the molecule is CC(Nc1ccc(F)cc1C#N)C(=O)O. The number of halogens is 1. The molecule has 1 rings (SSSR count). The number of anilines is 1. The van der Waals surface area contributed by atoms with Crippen LogP contribution in [0.5, 0.6) is 0 Å². The maximum atomic E-state index is 12.7. The van der Waals surface area contributed by atoms with E-state index in [0.29, 0.717) is 5.69 Å². The van der Waals surface area contributed by atoms with E-state index in [4.69, 9.17) is 10.4 Å². The van der Waals surface area contributed by atoms with E-state index < -0.39 is 17.8 Å². The van der Waals surface area contributed by atoms with Gasteiger partial charge in [0.2, 0.25) is 0 Å². The van der Waals surface area contributed by atoms with Crippen LogP contribution in [-0.4, -0.2) is 17.1 Å². The van der Waals surface area contributed by atoms with E-state index in [1.54, 1.807) is 6.07 Å². The maximum absolute atomic E-state index is 12.7. The Kier molecular flexibility index (Phi) is 3.24. The molecule has 0 aromatic heterocycles. The second-order valence-electron chi connectivity index (χ2n) is 3.01. The number of carboxylic acid groups (broad SMARTS) is 1. The largest absolute Gasteiger partial charge is 0.480 e. The molecule has 0 fully saturated rings. The van der Waals surface area contributed by atoms with Crippen molar-refractivity contribution in [3.63, 3.8) is 0 Å². The van der Waals surface area contributed by atoms with Crippen LogP contribution in [0.15, 0.2) is 18.2 Å². The van der Waals surface area contributed by atoms with E-state index in [-0.39, 0.29) is 5.56 Å². The van der Waals surface area contributed by atoms with Crippen LogP contribution < -0.4 is 5.32 Å². The highest BCUT2D eigenvalue weighted by Crippen LogP contribution is 2.16. The molecule has 2 N–H and O–H groups in total. The number of hydrogen-bond acceptors (Lipinski definition) is 3. The van der Waals surface area contributed by atoms with Crippen molar-refractivity contribution in [1.29, 1.82) is 5.26 Å². The minimum absolute atomic E-state index is 0.0862. The Labute approximate surface area is 86.0 Å². The van der Waals surface area contributed by atoms with Crippen molar-refractivity contribution in [3.05, 3.63) is 29.6 Å². The smallest absolute Gasteiger partial charge is 0.325 e. The van der Waals surface area contributed by atoms with Crippen LogP contribution in [0, 0.1) is 17.1 Å². The van der Waals surface area contributed by atoms with E-state index in [0.717, 1.165) is 12.1 Å². The number of nitrogens with zero attached hydrogens (tertiary/aromatic N) is 1. The number of nitrogens with one attached hydrogen (secondary N) is 1. The first-order valence-electron chi connectivity index (χ1n) is 4.23. The van der Waals surface area contributed by atoms with E-state index >= 15 is 0 Å². The Morgan fingerprint density at radius 2 is 2.33 bits per heavy atom. The average Bonchev–Trinajstić information content (AvgIpc) is 2.20. The molecule has 0 aliphatic heterocycles. The standard InChI is InChI=1S/C10H9FN2O2/c1-6(10(14)15)13-9-3-2-8(11)4-7(9)5-12/h2-4,6,13H,1H3,(H,14,15). The van der Waals surface area contributed by atoms with Gasteiger partial charge in [-0.15, -0.1) is 0 Å². The minimum Gasteiger partial charge on any atom is -0.480 e. The van der Waals surface area contributed by atoms with Gasteiger partial charge in [0.1, 0.15) is 17.9 Å². The van der Waals surface area contributed by atoms with Gasteiger partial charge in [0.15, 0.2) is 0 Å². The van der Waals surface area contributed by atoms with Crippen LogP contribution in [0.25, 0.3) is 0 Å². The van der Waals surface area contributed by atoms with Gasteiger partial charge >= 0.3 is 5.97 Å². The summed E-state index contributed by atoms with van der Waals surface area (Å²) in [6.07, 6.45) is 0. The Morgan fingerprint density at radius 1 is 1.67 bits per heavy atom. The number of carboxylic acids is 1. The first-order chi connectivity index (χ1) is 7.04. The van der Waals surface area contributed by atoms with E-state index in [9.17, 15) is 9.18 Å². The third kappa shape index (κ3) is 2.68. The molecule has 0 saturated heterocycles. The fourth-order valence-corrected chi connectivity index (χ4v) is 1.03. The molecule has 5 heteroatoms. The molecule has 0 aliphatic carbocycles. The Morgan fingerprint density at radius 3 is 2.87 bits per heavy atom. The summed E-state index contributed by atoms with van der Waals surface area (Å²) in [7, 11) is 0. The van der Waals surface area contributed by atoms with E-state index in [1.807, 2.05) is 0 Å². The molecule has 0 amide bonds. The highest BCUT2D eigenvalue weighted by atomic mass is 19.1. The molecule has 1 unspecified atom stereocenters. The van der Waals surface area contributed by atoms with Gasteiger partial charge in [-0.1, -0.05) is 0 Å². The molecule has 1 atom stereocenters. The minimum atomic E-state index is -1.04. The third-order valence-corrected chi connectivity index (χ3v) is 1.84. The Balaban J connectivity index is 2.96. The molecule has 4 nitrogen and oxygen atoms in total. The molecule has 0 radical (unpaired) electrons. The first kappa shape index (κ1) is 11.0. The van der Waals surface area contributed by atoms with Gasteiger partial charge in [-0.2, -0.15) is 5.26 Å². The molecule has 15 heavy (non-hydrogen) atoms. The van der Waals surface area contributed by atoms with Crippen molar-refractivity contribution in [3.8, 4) is 6.07 Å². The van der Waals surface area contributed by atoms with Gasteiger partial charge in [-0.05, 0) is 25.1 Å². The zero-order chi connectivity index (χ0) is 11.4. The molecule has 0 bridgehead atoms. The maximum Gasteiger partial charge on any atom is 0.325 e. The van der Waals surface area contributed by atoms with Crippen molar-refractivity contribution >= 4 is 11.7 Å². The van der Waals surface area contributed by atoms with Crippen molar-refractivity contribution in [2.24, 2.45) is 0 Å². The van der Waals surface area contributed by atoms with Gasteiger partial charge in [-0.25, -0.2) is 4.39 Å². The second-order valence-corrected chi connectivity index (χ2v) is 3.01. The van der Waals surface area contributed by atoms with Crippen LogP contribution >= 0.6 is 0 Å². The predicted octanol–water partition coefficient (Wildman–Crippen LogP) is 1.58. The molecule has 1 aromatic carbocycles. The number of aliphatic carboxylic acids is 1. The lowest BCUT2D eigenvalue weighted by molar-refractivity contribution is -0.137. The lowest BCUT2D eigenvalue weighted by atomic mass is 10.1. The molecule has 0 spiro atoms. The number of rotatable bonds is 3. The van der Waals surface area contributed by atoms with Crippen molar-refractivity contribution < 1.29 is 14.3 Å². The quantitative estimate of drug-likeness (QED) is 0.790. The van der Waals surface area contributed by atoms with Crippen LogP contribution in [-0.2, 0) is 4.79 Å². The molecule has 0 saturated carbocycles. The van der Waals surface area contributed by atoms with E-state index in [1.165, 1.54) is 13.0 Å². The monoisotopic (exact) mass is 208 g/mol. The predicted molar refractivity (Wildman–Crippen MR) is 51.8 cm³/mol. The lowest BCUT2D eigenvalue weighted by Crippen LogP contribution is -2.25. The van der Waals surface area contributed by atoms with Crippen molar-refractivity contribution in [2.45, 2.75) is 13.0 Å². The highest BCUT2D eigenvalue weighted by Gasteiger charge is 2.12. The number of nitriles is 1. The van der Waals surface area contributed by atoms with E-state index in [2.05, 4.69) is 5.32 Å². The van der Waals surface area contributed by atoms with Gasteiger partial charge in [0.05, 0.1) is 11.3 Å². The van der Waals surface area contributed by atoms with Gasteiger partial charge in [0.25, 0.3) is 0 Å². The Hall–Kier alpha value is -2.09. The molecular formula is C10H9FN2O2. The zero-order valence-corrected chi connectivity index (χ0v) is 7.99. The average molecular weight is 208 g/mol. The number of carbonyl (C=O) groups is 1. The fraction of sp³-hybridized carbons (Fsp3) is 0.200. The summed E-state index contributed by atoms with van der Waals surface area (Å²) in [5.41, 5.74) is 0.400. The van der Waals surface area contributed by atoms with Gasteiger partial charge < -0.3 is 10.4 Å². The first-order valence-corrected chi connectivity index (χ1v) is 4.23. The molecule has 0 aliphatic rings. The van der Waals surface area contributed by atoms with Crippen LogP contribution in [0.1, 0.15) is 12.5 Å². The van der Waals surface area contributed by atoms with Crippen molar-refractivity contribution in [2.75, 3.05) is 5.32 Å². The number of benzene rings is 1. The van der Waals surface area contributed by atoms with Crippen LogP contribution in [0.4, 0.5) is 10.1 Å². The lowest BCUT2D eigenvalue weighted by Gasteiger charge is -2.11. The second kappa shape index (κ2) is 4.42. The summed E-state index contributed by atoms with van der Waals surface area (Å²) in [4.78, 5) is 10.6. The molecule has 1 aromatic rings. The topological polar surface area (TPSA) is 73.1 Å². The highest BCUT2D eigenvalue weighted by molar-refractivity contribution is 5.77.